The van der Waals surface area contributed by atoms with E-state index in [4.69, 9.17) is 9.47 Å². The van der Waals surface area contributed by atoms with Gasteiger partial charge >= 0.3 is 0 Å². The van der Waals surface area contributed by atoms with Gasteiger partial charge in [-0.3, -0.25) is 0 Å². The molecule has 106 valence electrons. The average molecular weight is 343 g/mol. The number of fused-ring (bicyclic) bond motifs is 1. The van der Waals surface area contributed by atoms with Crippen molar-refractivity contribution in [1.29, 1.82) is 0 Å². The van der Waals surface area contributed by atoms with Crippen LogP contribution in [0.4, 0.5) is 0 Å². The second-order valence-corrected chi connectivity index (χ2v) is 5.62. The summed E-state index contributed by atoms with van der Waals surface area (Å²) in [6.45, 7) is 0.529. The minimum absolute atomic E-state index is 0.529. The summed E-state index contributed by atoms with van der Waals surface area (Å²) in [7, 11) is 1.66. The third-order valence-corrected chi connectivity index (χ3v) is 3.96. The molecule has 0 amide bonds. The van der Waals surface area contributed by atoms with E-state index in [1.807, 2.05) is 36.4 Å². The first-order valence-corrected chi connectivity index (χ1v) is 7.49. The Morgan fingerprint density at radius 2 is 1.71 bits per heavy atom. The van der Waals surface area contributed by atoms with Crippen LogP contribution < -0.4 is 9.47 Å². The van der Waals surface area contributed by atoms with Crippen LogP contribution in [0, 0.1) is 0 Å². The fourth-order valence-corrected chi connectivity index (χ4v) is 2.81. The number of halogens is 1. The predicted molar refractivity (Wildman–Crippen MR) is 89.0 cm³/mol. The Labute approximate surface area is 132 Å². The molecule has 0 radical (unpaired) electrons. The molecule has 3 aromatic carbocycles. The van der Waals surface area contributed by atoms with Crippen LogP contribution in [0.1, 0.15) is 5.56 Å². The Morgan fingerprint density at radius 3 is 2.48 bits per heavy atom. The third kappa shape index (κ3) is 3.19. The molecule has 0 atom stereocenters. The molecule has 0 saturated heterocycles. The normalized spacial score (nSPS) is 10.6. The van der Waals surface area contributed by atoms with Gasteiger partial charge in [0.25, 0.3) is 0 Å². The Kier molecular flexibility index (Phi) is 4.11. The second kappa shape index (κ2) is 6.19. The maximum absolute atomic E-state index is 5.87. The SMILES string of the molecule is COc1ccc(COc2ccc3ccccc3c2)cc1Br. The van der Waals surface area contributed by atoms with Crippen LogP contribution in [0.5, 0.6) is 11.5 Å². The summed E-state index contributed by atoms with van der Waals surface area (Å²) in [5, 5.41) is 2.41. The van der Waals surface area contributed by atoms with E-state index in [1.165, 1.54) is 10.8 Å². The van der Waals surface area contributed by atoms with Gasteiger partial charge in [0.2, 0.25) is 0 Å². The Morgan fingerprint density at radius 1 is 0.905 bits per heavy atom. The van der Waals surface area contributed by atoms with Crippen molar-refractivity contribution in [3.8, 4) is 11.5 Å². The van der Waals surface area contributed by atoms with Crippen LogP contribution in [0.15, 0.2) is 65.1 Å². The number of ether oxygens (including phenoxy) is 2. The molecule has 2 nitrogen and oxygen atoms in total. The van der Waals surface area contributed by atoms with E-state index in [2.05, 4.69) is 40.2 Å². The average Bonchev–Trinajstić information content (AvgIpc) is 2.53. The topological polar surface area (TPSA) is 18.5 Å². The molecule has 0 saturated carbocycles. The number of hydrogen-bond donors (Lipinski definition) is 0. The number of rotatable bonds is 4. The summed E-state index contributed by atoms with van der Waals surface area (Å²) >= 11 is 3.49. The van der Waals surface area contributed by atoms with Crippen LogP contribution in [0.3, 0.4) is 0 Å². The van der Waals surface area contributed by atoms with Crippen molar-refractivity contribution in [2.75, 3.05) is 7.11 Å². The summed E-state index contributed by atoms with van der Waals surface area (Å²) in [6, 6.07) is 20.4. The van der Waals surface area contributed by atoms with Crippen LogP contribution in [-0.2, 0) is 6.61 Å². The Hall–Kier alpha value is -2.00. The van der Waals surface area contributed by atoms with Gasteiger partial charge in [-0.25, -0.2) is 0 Å². The van der Waals surface area contributed by atoms with Crippen molar-refractivity contribution in [2.24, 2.45) is 0 Å². The molecule has 0 bridgehead atoms. The van der Waals surface area contributed by atoms with Crippen molar-refractivity contribution >= 4 is 26.7 Å². The van der Waals surface area contributed by atoms with E-state index in [-0.39, 0.29) is 0 Å². The summed E-state index contributed by atoms with van der Waals surface area (Å²) in [5.74, 6) is 1.70. The van der Waals surface area contributed by atoms with E-state index in [9.17, 15) is 0 Å². The molecule has 0 aromatic heterocycles. The molecule has 0 aliphatic carbocycles. The standard InChI is InChI=1S/C18H15BrO2/c1-20-18-9-6-13(10-17(18)19)12-21-16-8-7-14-4-2-3-5-15(14)11-16/h2-11H,12H2,1H3. The molecule has 3 aromatic rings. The minimum atomic E-state index is 0.529. The highest BCUT2D eigenvalue weighted by molar-refractivity contribution is 9.10. The lowest BCUT2D eigenvalue weighted by molar-refractivity contribution is 0.306. The summed E-state index contributed by atoms with van der Waals surface area (Å²) in [5.41, 5.74) is 1.09. The van der Waals surface area contributed by atoms with E-state index < -0.39 is 0 Å². The van der Waals surface area contributed by atoms with Crippen molar-refractivity contribution in [3.63, 3.8) is 0 Å². The summed E-state index contributed by atoms with van der Waals surface area (Å²) in [6.07, 6.45) is 0. The molecule has 0 aliphatic heterocycles. The highest BCUT2D eigenvalue weighted by Crippen LogP contribution is 2.26. The van der Waals surface area contributed by atoms with Crippen LogP contribution in [0.25, 0.3) is 10.8 Å². The molecule has 0 spiro atoms. The number of benzene rings is 3. The van der Waals surface area contributed by atoms with E-state index in [0.717, 1.165) is 21.5 Å². The van der Waals surface area contributed by atoms with Gasteiger partial charge in [-0.05, 0) is 56.5 Å². The fourth-order valence-electron chi connectivity index (χ4n) is 2.22. The largest absolute Gasteiger partial charge is 0.496 e. The predicted octanol–water partition coefficient (Wildman–Crippen LogP) is 5.19. The van der Waals surface area contributed by atoms with E-state index >= 15 is 0 Å². The Balaban J connectivity index is 1.75. The lowest BCUT2D eigenvalue weighted by Crippen LogP contribution is -1.96. The van der Waals surface area contributed by atoms with Gasteiger partial charge in [-0.15, -0.1) is 0 Å². The molecule has 21 heavy (non-hydrogen) atoms. The molecular formula is C18H15BrO2. The highest BCUT2D eigenvalue weighted by atomic mass is 79.9. The smallest absolute Gasteiger partial charge is 0.133 e. The number of hydrogen-bond acceptors (Lipinski definition) is 2. The maximum Gasteiger partial charge on any atom is 0.133 e. The van der Waals surface area contributed by atoms with Gasteiger partial charge in [0, 0.05) is 0 Å². The van der Waals surface area contributed by atoms with Crippen LogP contribution in [0.2, 0.25) is 0 Å². The van der Waals surface area contributed by atoms with Gasteiger partial charge in [-0.1, -0.05) is 36.4 Å². The lowest BCUT2D eigenvalue weighted by Gasteiger charge is -2.09. The van der Waals surface area contributed by atoms with Crippen LogP contribution in [-0.4, -0.2) is 7.11 Å². The molecule has 3 heteroatoms. The fraction of sp³-hybridized carbons (Fsp3) is 0.111. The first-order valence-electron chi connectivity index (χ1n) is 6.70. The molecule has 0 N–H and O–H groups in total. The van der Waals surface area contributed by atoms with Crippen molar-refractivity contribution in [3.05, 3.63) is 70.7 Å². The van der Waals surface area contributed by atoms with E-state index in [0.29, 0.717) is 6.61 Å². The monoisotopic (exact) mass is 342 g/mol. The van der Waals surface area contributed by atoms with Gasteiger partial charge in [0.05, 0.1) is 11.6 Å². The molecule has 0 aliphatic rings. The molecule has 0 fully saturated rings. The first kappa shape index (κ1) is 14.0. The highest BCUT2D eigenvalue weighted by Gasteiger charge is 2.03. The molecular weight excluding hydrogens is 328 g/mol. The van der Waals surface area contributed by atoms with Gasteiger partial charge in [0.15, 0.2) is 0 Å². The minimum Gasteiger partial charge on any atom is -0.496 e. The van der Waals surface area contributed by atoms with Crippen molar-refractivity contribution in [2.45, 2.75) is 6.61 Å². The molecule has 3 rings (SSSR count). The first-order chi connectivity index (χ1) is 10.3. The second-order valence-electron chi connectivity index (χ2n) is 4.77. The van der Waals surface area contributed by atoms with Gasteiger partial charge in [-0.2, -0.15) is 0 Å². The molecule has 0 unspecified atom stereocenters. The zero-order valence-corrected chi connectivity index (χ0v) is 13.3. The van der Waals surface area contributed by atoms with Crippen LogP contribution >= 0.6 is 15.9 Å². The van der Waals surface area contributed by atoms with Crippen molar-refractivity contribution in [1.82, 2.24) is 0 Å². The summed E-state index contributed by atoms with van der Waals surface area (Å²) in [4.78, 5) is 0. The molecule has 0 heterocycles. The summed E-state index contributed by atoms with van der Waals surface area (Å²) < 4.78 is 12.0. The Bertz CT molecular complexity index is 768. The zero-order valence-electron chi connectivity index (χ0n) is 11.7. The third-order valence-electron chi connectivity index (χ3n) is 3.34. The van der Waals surface area contributed by atoms with Gasteiger partial charge in [0.1, 0.15) is 18.1 Å². The number of methoxy groups -OCH3 is 1. The lowest BCUT2D eigenvalue weighted by atomic mass is 10.1. The van der Waals surface area contributed by atoms with Crippen molar-refractivity contribution < 1.29 is 9.47 Å². The quantitative estimate of drug-likeness (QED) is 0.649. The zero-order chi connectivity index (χ0) is 14.7. The maximum atomic E-state index is 5.87. The van der Waals surface area contributed by atoms with Gasteiger partial charge < -0.3 is 9.47 Å². The van der Waals surface area contributed by atoms with E-state index in [1.54, 1.807) is 7.11 Å².